The molecule has 2 rings (SSSR count). The highest BCUT2D eigenvalue weighted by Crippen LogP contribution is 2.34. The van der Waals surface area contributed by atoms with Gasteiger partial charge in [0.15, 0.2) is 0 Å². The van der Waals surface area contributed by atoms with Gasteiger partial charge >= 0.3 is 0 Å². The van der Waals surface area contributed by atoms with Crippen molar-refractivity contribution < 1.29 is 19.5 Å². The minimum Gasteiger partial charge on any atom is -0.507 e. The number of aliphatic hydroxyl groups is 1. The van der Waals surface area contributed by atoms with Gasteiger partial charge in [-0.3, -0.25) is 14.4 Å². The molecule has 0 radical (unpaired) electrons. The van der Waals surface area contributed by atoms with Crippen LogP contribution in [0.4, 0.5) is 0 Å². The Hall–Kier alpha value is -2.43. The lowest BCUT2D eigenvalue weighted by Gasteiger charge is -2.28. The summed E-state index contributed by atoms with van der Waals surface area (Å²) in [5, 5.41) is 13.6. The molecule has 1 aliphatic carbocycles. The summed E-state index contributed by atoms with van der Waals surface area (Å²) in [5.74, 6) is -1.36. The Labute approximate surface area is 186 Å². The van der Waals surface area contributed by atoms with Gasteiger partial charge in [-0.05, 0) is 18.3 Å². The number of carbonyl (C=O) groups is 3. The smallest absolute Gasteiger partial charge is 0.234 e. The van der Waals surface area contributed by atoms with Crippen LogP contribution in [0.2, 0.25) is 0 Å². The number of hydrogen-bond acceptors (Lipinski definition) is 4. The Morgan fingerprint density at radius 1 is 0.903 bits per heavy atom. The minimum absolute atomic E-state index is 0.00801. The number of allylic oxidation sites excluding steroid dienone is 1. The highest BCUT2D eigenvalue weighted by atomic mass is 16.3. The minimum atomic E-state index is -0.658. The van der Waals surface area contributed by atoms with Crippen molar-refractivity contribution in [1.29, 1.82) is 0 Å². The zero-order chi connectivity index (χ0) is 22.9. The maximum absolute atomic E-state index is 12.5. The second-order valence-electron chi connectivity index (χ2n) is 9.37. The number of Topliss-reactive ketones (excluding diaryl/α,β-unsaturated/α-hetero) is 2. The number of nitrogens with one attached hydrogen (secondary N) is 1. The van der Waals surface area contributed by atoms with Crippen molar-refractivity contribution in [3.8, 4) is 0 Å². The maximum atomic E-state index is 12.5. The maximum Gasteiger partial charge on any atom is 0.234 e. The fourth-order valence-corrected chi connectivity index (χ4v) is 3.97. The lowest BCUT2D eigenvalue weighted by molar-refractivity contribution is -0.121. The molecule has 0 bridgehead atoms. The molecule has 2 N–H and O–H groups in total. The summed E-state index contributed by atoms with van der Waals surface area (Å²) >= 11 is 0. The van der Waals surface area contributed by atoms with E-state index in [1.807, 2.05) is 13.8 Å². The first-order chi connectivity index (χ1) is 14.8. The van der Waals surface area contributed by atoms with Crippen molar-refractivity contribution in [2.45, 2.75) is 85.0 Å². The van der Waals surface area contributed by atoms with Crippen LogP contribution < -0.4 is 5.32 Å². The number of hydrogen-bond donors (Lipinski definition) is 2. The summed E-state index contributed by atoms with van der Waals surface area (Å²) in [4.78, 5) is 37.2. The molecule has 1 amide bonds. The van der Waals surface area contributed by atoms with Gasteiger partial charge in [0, 0.05) is 29.7 Å². The molecule has 31 heavy (non-hydrogen) atoms. The van der Waals surface area contributed by atoms with Crippen molar-refractivity contribution in [3.63, 3.8) is 0 Å². The quantitative estimate of drug-likeness (QED) is 0.308. The predicted molar refractivity (Wildman–Crippen MR) is 124 cm³/mol. The molecule has 1 aromatic rings. The molecule has 5 nitrogen and oxygen atoms in total. The molecule has 5 heteroatoms. The van der Waals surface area contributed by atoms with Crippen LogP contribution in [0.3, 0.4) is 0 Å². The number of aliphatic hydroxyl groups excluding tert-OH is 1. The van der Waals surface area contributed by atoms with Gasteiger partial charge in [0.2, 0.25) is 17.5 Å². The van der Waals surface area contributed by atoms with Gasteiger partial charge < -0.3 is 10.4 Å². The van der Waals surface area contributed by atoms with Crippen molar-refractivity contribution >= 4 is 23.2 Å². The predicted octanol–water partition coefficient (Wildman–Crippen LogP) is 5.78. The average molecular weight is 428 g/mol. The number of amides is 1. The van der Waals surface area contributed by atoms with Crippen molar-refractivity contribution in [2.75, 3.05) is 6.54 Å². The van der Waals surface area contributed by atoms with Crippen LogP contribution in [0.1, 0.15) is 101 Å². The van der Waals surface area contributed by atoms with Crippen molar-refractivity contribution in [1.82, 2.24) is 5.32 Å². The summed E-state index contributed by atoms with van der Waals surface area (Å²) in [5.41, 5.74) is 0.299. The topological polar surface area (TPSA) is 83.5 Å². The molecule has 170 valence electrons. The Kier molecular flexibility index (Phi) is 9.47. The summed E-state index contributed by atoms with van der Waals surface area (Å²) in [7, 11) is 0. The van der Waals surface area contributed by atoms with Gasteiger partial charge in [0.1, 0.15) is 5.76 Å². The van der Waals surface area contributed by atoms with Gasteiger partial charge in [-0.25, -0.2) is 0 Å². The summed E-state index contributed by atoms with van der Waals surface area (Å²) in [6, 6.07) is 6.60. The van der Waals surface area contributed by atoms with Gasteiger partial charge in [-0.2, -0.15) is 0 Å². The second-order valence-corrected chi connectivity index (χ2v) is 9.37. The summed E-state index contributed by atoms with van der Waals surface area (Å²) in [6.45, 7) is 6.43. The molecular formula is C26H37NO4. The van der Waals surface area contributed by atoms with E-state index < -0.39 is 17.0 Å². The van der Waals surface area contributed by atoms with Crippen LogP contribution in [-0.2, 0) is 9.59 Å². The number of carbonyl (C=O) groups excluding carboxylic acids is 3. The van der Waals surface area contributed by atoms with E-state index in [1.165, 1.54) is 38.5 Å². The first-order valence-electron chi connectivity index (χ1n) is 11.6. The van der Waals surface area contributed by atoms with E-state index in [1.54, 1.807) is 24.3 Å². The van der Waals surface area contributed by atoms with Crippen LogP contribution in [0.15, 0.2) is 29.8 Å². The van der Waals surface area contributed by atoms with Gasteiger partial charge in [0.25, 0.3) is 0 Å². The molecule has 0 saturated carbocycles. The molecule has 0 aromatic heterocycles. The standard InChI is InChI=1S/C26H37NO4/c1-4-5-6-7-8-9-10-11-16-22(28)27-18-26(2,3)17-21-23(29)19-14-12-13-15-20(19)24(30)25(21)31/h12-15,29H,4-11,16-18H2,1-3H3,(H,27,28). The lowest BCUT2D eigenvalue weighted by Crippen LogP contribution is -2.36. The zero-order valence-corrected chi connectivity index (χ0v) is 19.3. The third-order valence-corrected chi connectivity index (χ3v) is 5.87. The van der Waals surface area contributed by atoms with E-state index in [0.29, 0.717) is 18.5 Å². The third kappa shape index (κ3) is 7.34. The first kappa shape index (κ1) is 24.8. The molecule has 0 atom stereocenters. The van der Waals surface area contributed by atoms with Crippen molar-refractivity contribution in [3.05, 3.63) is 41.0 Å². The number of fused-ring (bicyclic) bond motifs is 1. The van der Waals surface area contributed by atoms with Crippen LogP contribution in [0, 0.1) is 5.41 Å². The van der Waals surface area contributed by atoms with E-state index in [9.17, 15) is 19.5 Å². The summed E-state index contributed by atoms with van der Waals surface area (Å²) < 4.78 is 0. The molecule has 0 aliphatic heterocycles. The monoisotopic (exact) mass is 427 g/mol. The Bertz CT molecular complexity index is 822. The van der Waals surface area contributed by atoms with Crippen molar-refractivity contribution in [2.24, 2.45) is 5.41 Å². The normalized spacial score (nSPS) is 14.0. The van der Waals surface area contributed by atoms with Crippen LogP contribution in [0.5, 0.6) is 0 Å². The fraction of sp³-hybridized carbons (Fsp3) is 0.577. The number of rotatable bonds is 13. The SMILES string of the molecule is CCCCCCCCCCC(=O)NCC(C)(C)CC1=C(O)c2ccccc2C(=O)C1=O. The Morgan fingerprint density at radius 3 is 2.13 bits per heavy atom. The second kappa shape index (κ2) is 11.8. The highest BCUT2D eigenvalue weighted by Gasteiger charge is 2.35. The van der Waals surface area contributed by atoms with E-state index >= 15 is 0 Å². The van der Waals surface area contributed by atoms with Crippen LogP contribution in [-0.4, -0.2) is 29.1 Å². The Morgan fingerprint density at radius 2 is 1.48 bits per heavy atom. The van der Waals surface area contributed by atoms with E-state index in [2.05, 4.69) is 12.2 Å². The number of ketones is 2. The first-order valence-corrected chi connectivity index (χ1v) is 11.6. The molecule has 0 unspecified atom stereocenters. The van der Waals surface area contributed by atoms with Gasteiger partial charge in [-0.1, -0.05) is 90.0 Å². The fourth-order valence-electron chi connectivity index (χ4n) is 3.97. The Balaban J connectivity index is 1.81. The number of unbranched alkanes of at least 4 members (excludes halogenated alkanes) is 7. The van der Waals surface area contributed by atoms with Crippen LogP contribution in [0.25, 0.3) is 5.76 Å². The average Bonchev–Trinajstić information content (AvgIpc) is 2.75. The molecule has 0 heterocycles. The van der Waals surface area contributed by atoms with E-state index in [4.69, 9.17) is 0 Å². The van der Waals surface area contributed by atoms with E-state index in [-0.39, 0.29) is 29.2 Å². The van der Waals surface area contributed by atoms with Gasteiger partial charge in [-0.15, -0.1) is 0 Å². The lowest BCUT2D eigenvalue weighted by atomic mass is 9.79. The molecular weight excluding hydrogens is 390 g/mol. The number of benzene rings is 1. The van der Waals surface area contributed by atoms with Gasteiger partial charge in [0.05, 0.1) is 0 Å². The molecule has 0 fully saturated rings. The van der Waals surface area contributed by atoms with E-state index in [0.717, 1.165) is 12.8 Å². The molecule has 1 aliphatic rings. The molecule has 0 spiro atoms. The largest absolute Gasteiger partial charge is 0.507 e. The zero-order valence-electron chi connectivity index (χ0n) is 19.3. The summed E-state index contributed by atoms with van der Waals surface area (Å²) in [6.07, 6.45) is 10.2. The van der Waals surface area contributed by atoms with Crippen LogP contribution >= 0.6 is 0 Å². The highest BCUT2D eigenvalue weighted by molar-refractivity contribution is 6.52. The molecule has 0 saturated heterocycles. The molecule has 1 aromatic carbocycles. The third-order valence-electron chi connectivity index (χ3n) is 5.87.